The lowest BCUT2D eigenvalue weighted by Gasteiger charge is -2.32. The highest BCUT2D eigenvalue weighted by molar-refractivity contribution is 5.86. The van der Waals surface area contributed by atoms with Crippen LogP contribution in [0, 0.1) is 11.8 Å². The van der Waals surface area contributed by atoms with Crippen LogP contribution in [0.1, 0.15) is 57.4 Å². The molecule has 35 heavy (non-hydrogen) atoms. The molecule has 0 saturated heterocycles. The number of hydrogen-bond acceptors (Lipinski definition) is 5. The maximum atomic E-state index is 13.2. The minimum atomic E-state index is -0.632. The Hall–Kier alpha value is -2.93. The molecule has 2 rings (SSSR count). The number of amides is 2. The lowest BCUT2D eigenvalue weighted by Crippen LogP contribution is -2.52. The molecule has 1 saturated carbocycles. The summed E-state index contributed by atoms with van der Waals surface area (Å²) in [6.07, 6.45) is 8.05. The molecular formula is C28H40N2O5. The van der Waals surface area contributed by atoms with Crippen LogP contribution in [0.3, 0.4) is 0 Å². The van der Waals surface area contributed by atoms with Crippen molar-refractivity contribution in [3.8, 4) is 0 Å². The van der Waals surface area contributed by atoms with Crippen molar-refractivity contribution in [2.75, 3.05) is 13.2 Å². The second-order valence-electron chi connectivity index (χ2n) is 9.57. The minimum Gasteiger partial charge on any atom is -0.463 e. The van der Waals surface area contributed by atoms with E-state index < -0.39 is 11.5 Å². The molecule has 1 aromatic rings. The van der Waals surface area contributed by atoms with E-state index in [1.165, 1.54) is 0 Å². The molecule has 0 radical (unpaired) electrons. The van der Waals surface area contributed by atoms with Gasteiger partial charge in [-0.15, -0.1) is 13.2 Å². The Labute approximate surface area is 209 Å². The van der Waals surface area contributed by atoms with Crippen LogP contribution in [0.4, 0.5) is 0 Å². The van der Waals surface area contributed by atoms with Gasteiger partial charge >= 0.3 is 5.97 Å². The van der Waals surface area contributed by atoms with Gasteiger partial charge in [-0.25, -0.2) is 0 Å². The van der Waals surface area contributed by atoms with Crippen LogP contribution in [0.25, 0.3) is 0 Å². The molecule has 1 aromatic carbocycles. The van der Waals surface area contributed by atoms with Crippen molar-refractivity contribution in [2.45, 2.75) is 69.9 Å². The maximum Gasteiger partial charge on any atom is 0.309 e. The largest absolute Gasteiger partial charge is 0.463 e. The molecule has 0 aliphatic heterocycles. The summed E-state index contributed by atoms with van der Waals surface area (Å²) >= 11 is 0. The molecule has 1 aliphatic rings. The summed E-state index contributed by atoms with van der Waals surface area (Å²) in [7, 11) is 0. The van der Waals surface area contributed by atoms with E-state index in [-0.39, 0.29) is 49.4 Å². The van der Waals surface area contributed by atoms with E-state index >= 15 is 0 Å². The summed E-state index contributed by atoms with van der Waals surface area (Å²) in [5.41, 5.74) is 0.424. The van der Waals surface area contributed by atoms with Gasteiger partial charge in [0.05, 0.1) is 24.0 Å². The van der Waals surface area contributed by atoms with Crippen LogP contribution in [0.2, 0.25) is 0 Å². The Balaban J connectivity index is 2.02. The summed E-state index contributed by atoms with van der Waals surface area (Å²) < 4.78 is 5.78. The average Bonchev–Trinajstić information content (AvgIpc) is 3.31. The van der Waals surface area contributed by atoms with Crippen molar-refractivity contribution in [1.29, 1.82) is 0 Å². The molecule has 7 heteroatoms. The molecule has 0 spiro atoms. The average molecular weight is 485 g/mol. The Morgan fingerprint density at radius 1 is 1.09 bits per heavy atom. The standard InChI is InChI=1S/C28H40N2O5/c1-4-11-23(18-25(32)29-21(3)19-31)26(33)30-28(15-9-10-16-28)20-35-27(34)24(12-5-2)17-22-13-7-6-8-14-22/h4-8,13-14,21,23-24,31H,1-2,9-12,15-20H2,3H3,(H,29,32)(H,30,33)/t21-,23-,24-/m0/s1. The van der Waals surface area contributed by atoms with E-state index in [1.54, 1.807) is 19.1 Å². The van der Waals surface area contributed by atoms with Gasteiger partial charge in [-0.2, -0.15) is 0 Å². The van der Waals surface area contributed by atoms with Crippen molar-refractivity contribution in [3.63, 3.8) is 0 Å². The summed E-state index contributed by atoms with van der Waals surface area (Å²) in [5.74, 6) is -1.77. The van der Waals surface area contributed by atoms with Crippen molar-refractivity contribution >= 4 is 17.8 Å². The Kier molecular flexibility index (Phi) is 11.7. The van der Waals surface area contributed by atoms with Crippen molar-refractivity contribution in [1.82, 2.24) is 10.6 Å². The summed E-state index contributed by atoms with van der Waals surface area (Å²) in [4.78, 5) is 38.4. The smallest absolute Gasteiger partial charge is 0.309 e. The SMILES string of the molecule is C=CC[C@@H](CC(=O)N[C@@H](C)CO)C(=O)NC1(COC(=O)[C@@H](CC=C)Cc2ccccc2)CCCC1. The molecule has 7 nitrogen and oxygen atoms in total. The first kappa shape index (κ1) is 28.3. The van der Waals surface area contributed by atoms with Gasteiger partial charge in [0.25, 0.3) is 0 Å². The van der Waals surface area contributed by atoms with Gasteiger partial charge in [0, 0.05) is 12.5 Å². The van der Waals surface area contributed by atoms with Crippen molar-refractivity contribution < 1.29 is 24.2 Å². The highest BCUT2D eigenvalue weighted by atomic mass is 16.5. The van der Waals surface area contributed by atoms with Gasteiger partial charge < -0.3 is 20.5 Å². The number of carbonyl (C=O) groups is 3. The number of allylic oxidation sites excluding steroid dienone is 2. The van der Waals surface area contributed by atoms with Crippen LogP contribution in [-0.2, 0) is 25.5 Å². The summed E-state index contributed by atoms with van der Waals surface area (Å²) in [5, 5.41) is 14.9. The fraction of sp³-hybridized carbons (Fsp3) is 0.536. The number of carbonyl (C=O) groups excluding carboxylic acids is 3. The maximum absolute atomic E-state index is 13.2. The Morgan fingerprint density at radius 2 is 1.71 bits per heavy atom. The van der Waals surface area contributed by atoms with E-state index in [9.17, 15) is 14.4 Å². The lowest BCUT2D eigenvalue weighted by molar-refractivity contribution is -0.151. The summed E-state index contributed by atoms with van der Waals surface area (Å²) in [6, 6.07) is 9.42. The van der Waals surface area contributed by atoms with E-state index in [4.69, 9.17) is 9.84 Å². The minimum absolute atomic E-state index is 0.00343. The van der Waals surface area contributed by atoms with E-state index in [0.717, 1.165) is 18.4 Å². The molecule has 1 aliphatic carbocycles. The molecule has 192 valence electrons. The first-order valence-corrected chi connectivity index (χ1v) is 12.5. The van der Waals surface area contributed by atoms with Gasteiger partial charge in [0.15, 0.2) is 0 Å². The Bertz CT molecular complexity index is 848. The van der Waals surface area contributed by atoms with Crippen LogP contribution in [0.15, 0.2) is 55.6 Å². The fourth-order valence-electron chi connectivity index (χ4n) is 4.50. The first-order chi connectivity index (χ1) is 16.8. The molecule has 0 aromatic heterocycles. The number of nitrogens with one attached hydrogen (secondary N) is 2. The van der Waals surface area contributed by atoms with E-state index in [0.29, 0.717) is 32.1 Å². The number of esters is 1. The normalized spacial score (nSPS) is 17.0. The third kappa shape index (κ3) is 9.32. The van der Waals surface area contributed by atoms with Gasteiger partial charge in [0.2, 0.25) is 11.8 Å². The van der Waals surface area contributed by atoms with Gasteiger partial charge in [0.1, 0.15) is 6.61 Å². The molecule has 0 bridgehead atoms. The topological polar surface area (TPSA) is 105 Å². The molecule has 3 N–H and O–H groups in total. The van der Waals surface area contributed by atoms with Crippen molar-refractivity contribution in [3.05, 3.63) is 61.2 Å². The lowest BCUT2D eigenvalue weighted by atomic mass is 9.93. The molecule has 0 heterocycles. The molecular weight excluding hydrogens is 444 g/mol. The van der Waals surface area contributed by atoms with E-state index in [1.807, 2.05) is 30.3 Å². The Morgan fingerprint density at radius 3 is 2.31 bits per heavy atom. The van der Waals surface area contributed by atoms with Crippen LogP contribution in [0.5, 0.6) is 0 Å². The van der Waals surface area contributed by atoms with Crippen LogP contribution < -0.4 is 10.6 Å². The van der Waals surface area contributed by atoms with Crippen LogP contribution >= 0.6 is 0 Å². The second-order valence-corrected chi connectivity index (χ2v) is 9.57. The second kappa shape index (κ2) is 14.5. The highest BCUT2D eigenvalue weighted by Crippen LogP contribution is 2.31. The van der Waals surface area contributed by atoms with Gasteiger partial charge in [-0.3, -0.25) is 14.4 Å². The summed E-state index contributed by atoms with van der Waals surface area (Å²) in [6.45, 7) is 9.13. The highest BCUT2D eigenvalue weighted by Gasteiger charge is 2.39. The van der Waals surface area contributed by atoms with Gasteiger partial charge in [-0.05, 0) is 44.6 Å². The van der Waals surface area contributed by atoms with E-state index in [2.05, 4.69) is 23.8 Å². The van der Waals surface area contributed by atoms with Gasteiger partial charge in [-0.1, -0.05) is 55.3 Å². The number of aliphatic hydroxyl groups is 1. The fourth-order valence-corrected chi connectivity index (χ4v) is 4.50. The number of rotatable bonds is 15. The van der Waals surface area contributed by atoms with Crippen molar-refractivity contribution in [2.24, 2.45) is 11.8 Å². The monoisotopic (exact) mass is 484 g/mol. The predicted molar refractivity (Wildman–Crippen MR) is 136 cm³/mol. The number of hydrogen-bond donors (Lipinski definition) is 3. The zero-order valence-corrected chi connectivity index (χ0v) is 20.8. The number of ether oxygens (including phenoxy) is 1. The van der Waals surface area contributed by atoms with Crippen LogP contribution in [-0.4, -0.2) is 47.7 Å². The predicted octanol–water partition coefficient (Wildman–Crippen LogP) is 3.47. The third-order valence-electron chi connectivity index (χ3n) is 6.48. The molecule has 3 atom stereocenters. The molecule has 1 fully saturated rings. The number of benzene rings is 1. The molecule has 2 amide bonds. The first-order valence-electron chi connectivity index (χ1n) is 12.5. The molecule has 0 unspecified atom stereocenters. The zero-order valence-electron chi connectivity index (χ0n) is 20.8. The third-order valence-corrected chi connectivity index (χ3v) is 6.48. The number of aliphatic hydroxyl groups excluding tert-OH is 1. The quantitative estimate of drug-likeness (QED) is 0.261. The zero-order chi connectivity index (χ0) is 25.7.